The molecule has 8 fully saturated rings. The predicted molar refractivity (Wildman–Crippen MR) is 252 cm³/mol. The topological polar surface area (TPSA) is 354 Å². The van der Waals surface area contributed by atoms with Crippen LogP contribution in [0.15, 0.2) is 11.6 Å². The van der Waals surface area contributed by atoms with Crippen LogP contribution in [0.1, 0.15) is 106 Å². The summed E-state index contributed by atoms with van der Waals surface area (Å²) in [4.78, 5) is 15.1. The van der Waals surface area contributed by atoms with Gasteiger partial charge in [0.2, 0.25) is 6.29 Å². The molecular formula is C52H84O22. The molecule has 0 amide bonds. The Morgan fingerprint density at radius 1 is 0.649 bits per heavy atom. The lowest BCUT2D eigenvalue weighted by molar-refractivity contribution is -0.348. The zero-order valence-electron chi connectivity index (χ0n) is 43.5. The van der Waals surface area contributed by atoms with Gasteiger partial charge in [-0.05, 0) is 106 Å². The summed E-state index contributed by atoms with van der Waals surface area (Å²) >= 11 is 0. The van der Waals surface area contributed by atoms with E-state index in [4.69, 9.17) is 37.9 Å². The molecule has 0 bridgehead atoms. The van der Waals surface area contributed by atoms with Gasteiger partial charge in [-0.25, -0.2) is 0 Å². The second kappa shape index (κ2) is 20.5. The molecule has 0 aromatic carbocycles. The van der Waals surface area contributed by atoms with Crippen molar-refractivity contribution in [2.24, 2.45) is 50.7 Å². The van der Waals surface area contributed by atoms with Crippen LogP contribution in [0.4, 0.5) is 0 Å². The number of hydrogen-bond acceptors (Lipinski definition) is 22. The van der Waals surface area contributed by atoms with Crippen LogP contribution in [0.5, 0.6) is 0 Å². The maximum atomic E-state index is 15.1. The van der Waals surface area contributed by atoms with Crippen LogP contribution >= 0.6 is 0 Å². The second-order valence-electron chi connectivity index (χ2n) is 24.9. The fraction of sp³-hybridized carbons (Fsp3) is 0.942. The summed E-state index contributed by atoms with van der Waals surface area (Å²) in [6.07, 6.45) is -20.6. The maximum Gasteiger partial charge on any atom is 0.315 e. The molecule has 0 aromatic heterocycles. The summed E-state index contributed by atoms with van der Waals surface area (Å²) in [6, 6.07) is 0. The minimum Gasteiger partial charge on any atom is -0.432 e. The lowest BCUT2D eigenvalue weighted by Crippen LogP contribution is -2.68. The van der Waals surface area contributed by atoms with E-state index in [-0.39, 0.29) is 55.3 Å². The minimum atomic E-state index is -1.86. The van der Waals surface area contributed by atoms with E-state index in [1.165, 1.54) is 6.92 Å². The van der Waals surface area contributed by atoms with Crippen molar-refractivity contribution >= 4 is 5.97 Å². The first-order valence-corrected chi connectivity index (χ1v) is 26.8. The summed E-state index contributed by atoms with van der Waals surface area (Å²) in [6.45, 7) is 12.8. The highest BCUT2D eigenvalue weighted by molar-refractivity contribution is 5.79. The van der Waals surface area contributed by atoms with Crippen molar-refractivity contribution in [3.05, 3.63) is 11.6 Å². The number of rotatable bonds is 10. The molecule has 4 aliphatic heterocycles. The third-order valence-electron chi connectivity index (χ3n) is 21.2. The van der Waals surface area contributed by atoms with Gasteiger partial charge in [0.15, 0.2) is 18.9 Å². The van der Waals surface area contributed by atoms with Gasteiger partial charge < -0.3 is 104 Å². The van der Waals surface area contributed by atoms with E-state index in [1.54, 1.807) is 6.92 Å². The molecule has 22 nitrogen and oxygen atoms in total. The van der Waals surface area contributed by atoms with Gasteiger partial charge in [0.25, 0.3) is 0 Å². The van der Waals surface area contributed by atoms with E-state index in [1.807, 2.05) is 13.8 Å². The number of carbonyl (C=O) groups excluding carboxylic acids is 1. The second-order valence-corrected chi connectivity index (χ2v) is 24.9. The first-order chi connectivity index (χ1) is 34.6. The lowest BCUT2D eigenvalue weighted by atomic mass is 9.33. The molecule has 0 radical (unpaired) electrons. The molecule has 22 heteroatoms. The first kappa shape index (κ1) is 57.1. The quantitative estimate of drug-likeness (QED) is 0.0653. The molecular weight excluding hydrogens is 977 g/mol. The molecule has 29 atom stereocenters. The van der Waals surface area contributed by atoms with Gasteiger partial charge >= 0.3 is 5.97 Å². The summed E-state index contributed by atoms with van der Waals surface area (Å²) in [5.41, 5.74) is -3.24. The SMILES string of the molecule is C[C@@H]1O[C@@H](OC[C@H]2O[C@@H](OC(=O)[C@]34CC[C@](C)(O)[C@H](C)[C@H]3C3=CC[C@@H]5[C@@]6(C)CC[C@H](O[C@@H]7OC[C@H](O)[C@H](O[C@@H]8OC[C@@H](O)[C@H](O)[C@H]8O)[C@H]7O)[C@@](C)(CO)[C@@H]6CC[C@@]5(C)[C@]3(C)CC4)[C@H](O)[C@@H](O)[C@@H]2O)[C@H](O)[C@H](O)[C@H]1O. The Balaban J connectivity index is 0.932. The Bertz CT molecular complexity index is 2050. The maximum absolute atomic E-state index is 15.1. The Hall–Kier alpha value is -1.59. The largest absolute Gasteiger partial charge is 0.432 e. The molecule has 74 heavy (non-hydrogen) atoms. The molecule has 424 valence electrons. The van der Waals surface area contributed by atoms with Gasteiger partial charge in [-0.1, -0.05) is 46.3 Å². The molecule has 0 aromatic rings. The van der Waals surface area contributed by atoms with E-state index in [9.17, 15) is 66.4 Å². The van der Waals surface area contributed by atoms with Crippen LogP contribution in [0.25, 0.3) is 0 Å². The Labute approximate surface area is 431 Å². The van der Waals surface area contributed by atoms with Gasteiger partial charge in [-0.3, -0.25) is 4.79 Å². The Kier molecular flexibility index (Phi) is 15.8. The number of carbonyl (C=O) groups is 1. The van der Waals surface area contributed by atoms with Crippen molar-refractivity contribution in [3.8, 4) is 0 Å². The molecule has 0 spiro atoms. The summed E-state index contributed by atoms with van der Waals surface area (Å²) in [5, 5.41) is 141. The predicted octanol–water partition coefficient (Wildman–Crippen LogP) is -1.79. The normalized spacial score (nSPS) is 56.7. The summed E-state index contributed by atoms with van der Waals surface area (Å²) in [5.74, 6) is -1.57. The van der Waals surface area contributed by atoms with Crippen LogP contribution in [0.3, 0.4) is 0 Å². The van der Waals surface area contributed by atoms with Crippen molar-refractivity contribution in [3.63, 3.8) is 0 Å². The molecule has 4 saturated carbocycles. The van der Waals surface area contributed by atoms with Gasteiger partial charge in [-0.15, -0.1) is 0 Å². The zero-order chi connectivity index (χ0) is 54.0. The highest BCUT2D eigenvalue weighted by atomic mass is 16.7. The van der Waals surface area contributed by atoms with Crippen LogP contribution in [0, 0.1) is 50.7 Å². The van der Waals surface area contributed by atoms with Crippen molar-refractivity contribution in [2.75, 3.05) is 26.4 Å². The van der Waals surface area contributed by atoms with E-state index >= 15 is 4.79 Å². The van der Waals surface area contributed by atoms with Crippen molar-refractivity contribution in [1.82, 2.24) is 0 Å². The van der Waals surface area contributed by atoms with E-state index in [2.05, 4.69) is 26.8 Å². The van der Waals surface area contributed by atoms with Gasteiger partial charge in [-0.2, -0.15) is 0 Å². The van der Waals surface area contributed by atoms with Crippen molar-refractivity contribution < 1.29 is 109 Å². The van der Waals surface area contributed by atoms with Gasteiger partial charge in [0, 0.05) is 11.3 Å². The summed E-state index contributed by atoms with van der Waals surface area (Å²) in [7, 11) is 0. The van der Waals surface area contributed by atoms with Crippen LogP contribution in [0.2, 0.25) is 0 Å². The fourth-order valence-electron chi connectivity index (χ4n) is 16.0. The molecule has 5 aliphatic carbocycles. The number of aliphatic hydroxyl groups excluding tert-OH is 12. The van der Waals surface area contributed by atoms with E-state index in [0.717, 1.165) is 12.0 Å². The summed E-state index contributed by atoms with van der Waals surface area (Å²) < 4.78 is 46.9. The number of esters is 1. The molecule has 4 saturated heterocycles. The molecule has 9 rings (SSSR count). The van der Waals surface area contributed by atoms with E-state index < -0.39 is 163 Å². The van der Waals surface area contributed by atoms with E-state index in [0.29, 0.717) is 38.5 Å². The number of hydrogen-bond donors (Lipinski definition) is 13. The monoisotopic (exact) mass is 1060 g/mol. The number of aliphatic hydroxyl groups is 13. The van der Waals surface area contributed by atoms with Crippen LogP contribution < -0.4 is 0 Å². The lowest BCUT2D eigenvalue weighted by Gasteiger charge is -2.72. The third-order valence-corrected chi connectivity index (χ3v) is 21.2. The third kappa shape index (κ3) is 8.98. The average molecular weight is 1060 g/mol. The Morgan fingerprint density at radius 2 is 1.27 bits per heavy atom. The highest BCUT2D eigenvalue weighted by Gasteiger charge is 2.71. The smallest absolute Gasteiger partial charge is 0.315 e. The first-order valence-electron chi connectivity index (χ1n) is 26.8. The van der Waals surface area contributed by atoms with Gasteiger partial charge in [0.05, 0.1) is 49.7 Å². The number of fused-ring (bicyclic) bond motifs is 7. The molecule has 9 aliphatic rings. The van der Waals surface area contributed by atoms with Crippen molar-refractivity contribution in [1.29, 1.82) is 0 Å². The average Bonchev–Trinajstić information content (AvgIpc) is 3.36. The van der Waals surface area contributed by atoms with Crippen LogP contribution in [-0.2, 0) is 42.7 Å². The fourth-order valence-corrected chi connectivity index (χ4v) is 16.0. The number of ether oxygens (including phenoxy) is 8. The Morgan fingerprint density at radius 3 is 1.96 bits per heavy atom. The minimum absolute atomic E-state index is 0.0622. The highest BCUT2D eigenvalue weighted by Crippen LogP contribution is 2.76. The molecule has 0 unspecified atom stereocenters. The molecule has 4 heterocycles. The van der Waals surface area contributed by atoms with Gasteiger partial charge in [0.1, 0.15) is 79.4 Å². The number of allylic oxidation sites excluding steroid dienone is 2. The van der Waals surface area contributed by atoms with Crippen molar-refractivity contribution in [2.45, 2.75) is 229 Å². The standard InChI is InChI=1S/C52H84O22/c1-22-31-24-8-9-29-47(3)12-11-30(72-44-40(64)41(26(55)19-68-44)73-43-37(61)33(57)25(54)18-67-43)48(4,21-53)28(47)10-13-50(29,6)49(24,5)14-16-52(31,17-15-51(22,7)66)46(65)74-45-39(63)36(60)34(58)27(71-45)20-69-42-38(62)35(59)32(56)23(2)70-42/h8,22-23,25-45,53-64,66H,9-21H2,1-7H3/t22-,23+,25-,26+,27-,28-,29-,30+,31+,32+,33+,34-,35-,36+,37-,38-,39-,40-,41+,42-,43+,44+,45+,47+,48+,49-,50-,51+,52-/m1/s1. The van der Waals surface area contributed by atoms with Crippen LogP contribution in [-0.4, -0.2) is 221 Å². The molecule has 13 N–H and O–H groups in total. The zero-order valence-corrected chi connectivity index (χ0v) is 43.5.